The first-order valence-corrected chi connectivity index (χ1v) is 8.93. The van der Waals surface area contributed by atoms with Gasteiger partial charge in [0.2, 0.25) is 0 Å². The SMILES string of the molecule is CCC(CO)N(Cc1ccsc1)Cc1c2ccccc2nn1C. The molecule has 3 rings (SSSR count). The largest absolute Gasteiger partial charge is 0.395 e. The van der Waals surface area contributed by atoms with Crippen LogP contribution in [0.4, 0.5) is 0 Å². The van der Waals surface area contributed by atoms with Crippen molar-refractivity contribution in [3.8, 4) is 0 Å². The molecule has 2 aromatic heterocycles. The van der Waals surface area contributed by atoms with Crippen LogP contribution in [0.25, 0.3) is 10.9 Å². The van der Waals surface area contributed by atoms with Gasteiger partial charge in [-0.3, -0.25) is 9.58 Å². The molecule has 0 aliphatic heterocycles. The molecule has 1 N–H and O–H groups in total. The number of aryl methyl sites for hydroxylation is 1. The zero-order valence-corrected chi connectivity index (χ0v) is 14.5. The molecule has 1 unspecified atom stereocenters. The van der Waals surface area contributed by atoms with Gasteiger partial charge in [-0.25, -0.2) is 0 Å². The van der Waals surface area contributed by atoms with E-state index in [2.05, 4.69) is 45.9 Å². The molecule has 0 saturated heterocycles. The monoisotopic (exact) mass is 329 g/mol. The first-order valence-electron chi connectivity index (χ1n) is 7.99. The minimum absolute atomic E-state index is 0.156. The lowest BCUT2D eigenvalue weighted by Crippen LogP contribution is -2.37. The van der Waals surface area contributed by atoms with Crippen molar-refractivity contribution in [3.63, 3.8) is 0 Å². The van der Waals surface area contributed by atoms with Crippen LogP contribution >= 0.6 is 11.3 Å². The Balaban J connectivity index is 1.91. The van der Waals surface area contributed by atoms with Gasteiger partial charge in [-0.15, -0.1) is 0 Å². The summed E-state index contributed by atoms with van der Waals surface area (Å²) in [6.07, 6.45) is 0.927. The highest BCUT2D eigenvalue weighted by Gasteiger charge is 2.20. The molecule has 1 aromatic carbocycles. The number of fused-ring (bicyclic) bond motifs is 1. The molecule has 122 valence electrons. The fraction of sp³-hybridized carbons (Fsp3) is 0.389. The number of rotatable bonds is 7. The van der Waals surface area contributed by atoms with E-state index in [0.717, 1.165) is 25.0 Å². The normalized spacial score (nSPS) is 13.0. The zero-order valence-electron chi connectivity index (χ0n) is 13.6. The highest BCUT2D eigenvalue weighted by Crippen LogP contribution is 2.22. The molecule has 1 atom stereocenters. The van der Waals surface area contributed by atoms with Gasteiger partial charge in [0.1, 0.15) is 0 Å². The molecule has 0 fully saturated rings. The highest BCUT2D eigenvalue weighted by atomic mass is 32.1. The minimum atomic E-state index is 0.156. The Kier molecular flexibility index (Phi) is 5.10. The Hall–Kier alpha value is -1.69. The Morgan fingerprint density at radius 3 is 2.78 bits per heavy atom. The van der Waals surface area contributed by atoms with E-state index in [0.29, 0.717) is 0 Å². The van der Waals surface area contributed by atoms with Crippen molar-refractivity contribution in [1.29, 1.82) is 0 Å². The molecule has 0 radical (unpaired) electrons. The first-order chi connectivity index (χ1) is 11.2. The molecule has 3 aromatic rings. The Morgan fingerprint density at radius 1 is 1.26 bits per heavy atom. The van der Waals surface area contributed by atoms with Gasteiger partial charge >= 0.3 is 0 Å². The van der Waals surface area contributed by atoms with Crippen LogP contribution in [0.1, 0.15) is 24.6 Å². The number of hydrogen-bond donors (Lipinski definition) is 1. The number of aromatic nitrogens is 2. The highest BCUT2D eigenvalue weighted by molar-refractivity contribution is 7.07. The lowest BCUT2D eigenvalue weighted by molar-refractivity contribution is 0.105. The van der Waals surface area contributed by atoms with Gasteiger partial charge in [0.15, 0.2) is 0 Å². The van der Waals surface area contributed by atoms with Crippen molar-refractivity contribution in [3.05, 3.63) is 52.3 Å². The maximum atomic E-state index is 9.77. The number of hydrogen-bond acceptors (Lipinski definition) is 4. The number of aliphatic hydroxyl groups excluding tert-OH is 1. The van der Waals surface area contributed by atoms with Crippen LogP contribution < -0.4 is 0 Å². The van der Waals surface area contributed by atoms with Gasteiger partial charge in [0, 0.05) is 31.6 Å². The van der Waals surface area contributed by atoms with Gasteiger partial charge in [-0.2, -0.15) is 16.4 Å². The second-order valence-corrected chi connectivity index (χ2v) is 6.65. The maximum Gasteiger partial charge on any atom is 0.0926 e. The van der Waals surface area contributed by atoms with E-state index < -0.39 is 0 Å². The van der Waals surface area contributed by atoms with Crippen molar-refractivity contribution < 1.29 is 5.11 Å². The summed E-state index contributed by atoms with van der Waals surface area (Å²) >= 11 is 1.72. The fourth-order valence-corrected chi connectivity index (χ4v) is 3.67. The van der Waals surface area contributed by atoms with Crippen molar-refractivity contribution in [2.75, 3.05) is 6.61 Å². The van der Waals surface area contributed by atoms with E-state index >= 15 is 0 Å². The number of aliphatic hydroxyl groups is 1. The van der Waals surface area contributed by atoms with Crippen LogP contribution in [-0.2, 0) is 20.1 Å². The smallest absolute Gasteiger partial charge is 0.0926 e. The van der Waals surface area contributed by atoms with Crippen LogP contribution in [-0.4, -0.2) is 32.4 Å². The predicted octanol–water partition coefficient (Wildman–Crippen LogP) is 3.41. The van der Waals surface area contributed by atoms with Crippen LogP contribution in [0.5, 0.6) is 0 Å². The summed E-state index contributed by atoms with van der Waals surface area (Å²) in [5.74, 6) is 0. The predicted molar refractivity (Wildman–Crippen MR) is 95.4 cm³/mol. The summed E-state index contributed by atoms with van der Waals surface area (Å²) in [6, 6.07) is 10.6. The van der Waals surface area contributed by atoms with Gasteiger partial charge in [-0.1, -0.05) is 25.1 Å². The molecular formula is C18H23N3OS. The van der Waals surface area contributed by atoms with Gasteiger partial charge in [-0.05, 0) is 34.9 Å². The van der Waals surface area contributed by atoms with Crippen molar-refractivity contribution >= 4 is 22.2 Å². The molecule has 23 heavy (non-hydrogen) atoms. The van der Waals surface area contributed by atoms with Crippen LogP contribution in [0, 0.1) is 0 Å². The second-order valence-electron chi connectivity index (χ2n) is 5.87. The molecule has 0 aliphatic carbocycles. The number of nitrogens with zero attached hydrogens (tertiary/aromatic N) is 3. The quantitative estimate of drug-likeness (QED) is 0.722. The maximum absolute atomic E-state index is 9.77. The average molecular weight is 329 g/mol. The summed E-state index contributed by atoms with van der Waals surface area (Å²) in [5, 5.41) is 19.9. The second kappa shape index (κ2) is 7.25. The Morgan fingerprint density at radius 2 is 2.09 bits per heavy atom. The minimum Gasteiger partial charge on any atom is -0.395 e. The molecule has 0 spiro atoms. The average Bonchev–Trinajstić information content (AvgIpc) is 3.17. The van der Waals surface area contributed by atoms with Crippen molar-refractivity contribution in [2.45, 2.75) is 32.5 Å². The number of benzene rings is 1. The summed E-state index contributed by atoms with van der Waals surface area (Å²) < 4.78 is 1.97. The third kappa shape index (κ3) is 3.47. The van der Waals surface area contributed by atoms with E-state index in [-0.39, 0.29) is 12.6 Å². The number of thiophene rings is 1. The third-order valence-corrected chi connectivity index (χ3v) is 5.11. The van der Waals surface area contributed by atoms with Crippen LogP contribution in [0.2, 0.25) is 0 Å². The zero-order chi connectivity index (χ0) is 16.2. The van der Waals surface area contributed by atoms with Crippen LogP contribution in [0.3, 0.4) is 0 Å². The lowest BCUT2D eigenvalue weighted by Gasteiger charge is -2.29. The van der Waals surface area contributed by atoms with Gasteiger partial charge < -0.3 is 5.11 Å². The molecule has 5 heteroatoms. The van der Waals surface area contributed by atoms with Gasteiger partial charge in [0.05, 0.1) is 17.8 Å². The summed E-state index contributed by atoms with van der Waals surface area (Å²) in [6.45, 7) is 3.94. The molecular weight excluding hydrogens is 306 g/mol. The van der Waals surface area contributed by atoms with E-state index in [4.69, 9.17) is 0 Å². The van der Waals surface area contributed by atoms with Crippen molar-refractivity contribution in [2.24, 2.45) is 7.05 Å². The molecule has 0 bridgehead atoms. The first kappa shape index (κ1) is 16.2. The van der Waals surface area contributed by atoms with Crippen molar-refractivity contribution in [1.82, 2.24) is 14.7 Å². The van der Waals surface area contributed by atoms with E-state index in [1.807, 2.05) is 23.9 Å². The van der Waals surface area contributed by atoms with Crippen LogP contribution in [0.15, 0.2) is 41.1 Å². The molecule has 0 amide bonds. The topological polar surface area (TPSA) is 41.3 Å². The third-order valence-electron chi connectivity index (χ3n) is 4.38. The Labute approximate surface area is 141 Å². The molecule has 2 heterocycles. The standard InChI is InChI=1S/C18H23N3OS/c1-3-15(12-22)21(10-14-8-9-23-13-14)11-18-16-6-4-5-7-17(16)19-20(18)2/h4-9,13,15,22H,3,10-12H2,1-2H3. The van der Waals surface area contributed by atoms with E-state index in [1.54, 1.807) is 11.3 Å². The molecule has 4 nitrogen and oxygen atoms in total. The summed E-state index contributed by atoms with van der Waals surface area (Å²) in [4.78, 5) is 2.35. The summed E-state index contributed by atoms with van der Waals surface area (Å²) in [5.41, 5.74) is 3.52. The van der Waals surface area contributed by atoms with E-state index in [9.17, 15) is 5.11 Å². The summed E-state index contributed by atoms with van der Waals surface area (Å²) in [7, 11) is 2.00. The molecule has 0 aliphatic rings. The fourth-order valence-electron chi connectivity index (χ4n) is 3.02. The van der Waals surface area contributed by atoms with E-state index in [1.165, 1.54) is 16.6 Å². The lowest BCUT2D eigenvalue weighted by atomic mass is 10.1. The molecule has 0 saturated carbocycles. The Bertz CT molecular complexity index is 747. The van der Waals surface area contributed by atoms with Gasteiger partial charge in [0.25, 0.3) is 0 Å².